The molecule has 1 unspecified atom stereocenters. The van der Waals surface area contributed by atoms with Crippen molar-refractivity contribution < 1.29 is 9.59 Å². The molecular formula is C12H23N3O2. The lowest BCUT2D eigenvalue weighted by Crippen LogP contribution is -2.47. The monoisotopic (exact) mass is 241 g/mol. The predicted octanol–water partition coefficient (Wildman–Crippen LogP) is 0.113. The maximum Gasteiger partial charge on any atom is 0.237 e. The highest BCUT2D eigenvalue weighted by Gasteiger charge is 2.21. The standard InChI is InChI=1S/C12H23N3O2/c1-3-15(4-2)11(16)9-14-10-7-5-6-8-13-12(10)17/h10,14H,3-9H2,1-2H3,(H,13,17). The van der Waals surface area contributed by atoms with Crippen LogP contribution in [0.5, 0.6) is 0 Å². The van der Waals surface area contributed by atoms with Gasteiger partial charge < -0.3 is 10.2 Å². The summed E-state index contributed by atoms with van der Waals surface area (Å²) in [4.78, 5) is 25.2. The molecule has 0 saturated carbocycles. The largest absolute Gasteiger partial charge is 0.355 e. The molecule has 1 aliphatic heterocycles. The van der Waals surface area contributed by atoms with E-state index in [4.69, 9.17) is 0 Å². The third-order valence-electron chi connectivity index (χ3n) is 3.15. The van der Waals surface area contributed by atoms with Crippen molar-refractivity contribution >= 4 is 11.8 Å². The summed E-state index contributed by atoms with van der Waals surface area (Å²) in [7, 11) is 0. The minimum atomic E-state index is -0.211. The zero-order chi connectivity index (χ0) is 12.7. The van der Waals surface area contributed by atoms with Crippen LogP contribution < -0.4 is 10.6 Å². The third kappa shape index (κ3) is 4.34. The molecule has 0 aromatic heterocycles. The highest BCUT2D eigenvalue weighted by atomic mass is 16.2. The Hall–Kier alpha value is -1.10. The molecular weight excluding hydrogens is 218 g/mol. The summed E-state index contributed by atoms with van der Waals surface area (Å²) in [5.74, 6) is 0.0851. The van der Waals surface area contributed by atoms with E-state index in [1.54, 1.807) is 4.90 Å². The first-order valence-corrected chi connectivity index (χ1v) is 6.47. The van der Waals surface area contributed by atoms with Crippen LogP contribution in [0.25, 0.3) is 0 Å². The fraction of sp³-hybridized carbons (Fsp3) is 0.833. The van der Waals surface area contributed by atoms with Crippen molar-refractivity contribution in [2.75, 3.05) is 26.2 Å². The van der Waals surface area contributed by atoms with Crippen molar-refractivity contribution in [3.8, 4) is 0 Å². The van der Waals surface area contributed by atoms with Crippen molar-refractivity contribution in [1.29, 1.82) is 0 Å². The van der Waals surface area contributed by atoms with Crippen LogP contribution in [0, 0.1) is 0 Å². The Labute approximate surface area is 103 Å². The molecule has 1 aliphatic rings. The van der Waals surface area contributed by atoms with E-state index in [1.807, 2.05) is 13.8 Å². The molecule has 5 heteroatoms. The minimum absolute atomic E-state index is 0.0230. The number of carbonyl (C=O) groups excluding carboxylic acids is 2. The van der Waals surface area contributed by atoms with Crippen LogP contribution in [0.4, 0.5) is 0 Å². The Bertz CT molecular complexity index is 264. The van der Waals surface area contributed by atoms with Gasteiger partial charge in [0.25, 0.3) is 0 Å². The smallest absolute Gasteiger partial charge is 0.237 e. The molecule has 2 amide bonds. The van der Waals surface area contributed by atoms with E-state index in [0.29, 0.717) is 13.1 Å². The van der Waals surface area contributed by atoms with Crippen LogP contribution in [0.1, 0.15) is 33.1 Å². The summed E-state index contributed by atoms with van der Waals surface area (Å²) in [5.41, 5.74) is 0. The van der Waals surface area contributed by atoms with E-state index in [-0.39, 0.29) is 24.4 Å². The average Bonchev–Trinajstić information content (AvgIpc) is 2.53. The zero-order valence-corrected chi connectivity index (χ0v) is 10.8. The van der Waals surface area contributed by atoms with Crippen LogP contribution >= 0.6 is 0 Å². The molecule has 1 saturated heterocycles. The van der Waals surface area contributed by atoms with Gasteiger partial charge in [0, 0.05) is 19.6 Å². The van der Waals surface area contributed by atoms with Crippen LogP contribution in [0.3, 0.4) is 0 Å². The molecule has 1 rings (SSSR count). The Kier molecular flexibility index (Phi) is 5.97. The predicted molar refractivity (Wildman–Crippen MR) is 66.6 cm³/mol. The van der Waals surface area contributed by atoms with Crippen molar-refractivity contribution in [2.45, 2.75) is 39.2 Å². The fourth-order valence-corrected chi connectivity index (χ4v) is 2.03. The van der Waals surface area contributed by atoms with Gasteiger partial charge in [-0.3, -0.25) is 14.9 Å². The normalized spacial score (nSPS) is 20.6. The summed E-state index contributed by atoms with van der Waals surface area (Å²) in [6.07, 6.45) is 2.86. The van der Waals surface area contributed by atoms with Crippen LogP contribution in [0.2, 0.25) is 0 Å². The first kappa shape index (κ1) is 14.0. The van der Waals surface area contributed by atoms with Gasteiger partial charge in [-0.05, 0) is 33.1 Å². The first-order valence-electron chi connectivity index (χ1n) is 6.47. The Morgan fingerprint density at radius 2 is 2.12 bits per heavy atom. The Morgan fingerprint density at radius 3 is 2.76 bits per heavy atom. The average molecular weight is 241 g/mol. The van der Waals surface area contributed by atoms with E-state index in [2.05, 4.69) is 10.6 Å². The lowest BCUT2D eigenvalue weighted by Gasteiger charge is -2.21. The fourth-order valence-electron chi connectivity index (χ4n) is 2.03. The van der Waals surface area contributed by atoms with Gasteiger partial charge in [0.1, 0.15) is 0 Å². The van der Waals surface area contributed by atoms with Gasteiger partial charge in [-0.1, -0.05) is 0 Å². The SMILES string of the molecule is CCN(CC)C(=O)CNC1CCCCNC1=O. The molecule has 0 radical (unpaired) electrons. The summed E-state index contributed by atoms with van der Waals surface area (Å²) in [6, 6.07) is -0.211. The molecule has 0 bridgehead atoms. The van der Waals surface area contributed by atoms with E-state index in [1.165, 1.54) is 0 Å². The van der Waals surface area contributed by atoms with Crippen molar-refractivity contribution in [3.63, 3.8) is 0 Å². The van der Waals surface area contributed by atoms with E-state index in [0.717, 1.165) is 25.8 Å². The quantitative estimate of drug-likeness (QED) is 0.718. The molecule has 0 aromatic rings. The van der Waals surface area contributed by atoms with Crippen LogP contribution in [0.15, 0.2) is 0 Å². The second-order valence-corrected chi connectivity index (χ2v) is 4.29. The number of nitrogens with one attached hydrogen (secondary N) is 2. The number of likely N-dealkylation sites (N-methyl/N-ethyl adjacent to an activating group) is 1. The van der Waals surface area contributed by atoms with Gasteiger partial charge in [-0.2, -0.15) is 0 Å². The van der Waals surface area contributed by atoms with Crippen LogP contribution in [-0.4, -0.2) is 48.9 Å². The molecule has 17 heavy (non-hydrogen) atoms. The van der Waals surface area contributed by atoms with E-state index >= 15 is 0 Å². The van der Waals surface area contributed by atoms with Crippen molar-refractivity contribution in [1.82, 2.24) is 15.5 Å². The van der Waals surface area contributed by atoms with Gasteiger partial charge in [0.05, 0.1) is 12.6 Å². The summed E-state index contributed by atoms with van der Waals surface area (Å²) in [6.45, 7) is 6.35. The summed E-state index contributed by atoms with van der Waals surface area (Å²) >= 11 is 0. The lowest BCUT2D eigenvalue weighted by molar-refractivity contribution is -0.130. The van der Waals surface area contributed by atoms with Gasteiger partial charge in [0.2, 0.25) is 11.8 Å². The minimum Gasteiger partial charge on any atom is -0.355 e. The zero-order valence-electron chi connectivity index (χ0n) is 10.8. The highest BCUT2D eigenvalue weighted by Crippen LogP contribution is 2.05. The number of carbonyl (C=O) groups is 2. The number of amides is 2. The molecule has 98 valence electrons. The van der Waals surface area contributed by atoms with Gasteiger partial charge in [-0.25, -0.2) is 0 Å². The Balaban J connectivity index is 2.37. The third-order valence-corrected chi connectivity index (χ3v) is 3.15. The maximum absolute atomic E-state index is 11.8. The van der Waals surface area contributed by atoms with Crippen LogP contribution in [-0.2, 0) is 9.59 Å². The second-order valence-electron chi connectivity index (χ2n) is 4.29. The molecule has 2 N–H and O–H groups in total. The Morgan fingerprint density at radius 1 is 1.41 bits per heavy atom. The van der Waals surface area contributed by atoms with E-state index in [9.17, 15) is 9.59 Å². The summed E-state index contributed by atoms with van der Waals surface area (Å²) < 4.78 is 0. The summed E-state index contributed by atoms with van der Waals surface area (Å²) in [5, 5.41) is 5.91. The number of hydrogen-bond donors (Lipinski definition) is 2. The number of rotatable bonds is 5. The topological polar surface area (TPSA) is 61.4 Å². The molecule has 0 aromatic carbocycles. The van der Waals surface area contributed by atoms with E-state index < -0.39 is 0 Å². The molecule has 1 fully saturated rings. The molecule has 0 spiro atoms. The lowest BCUT2D eigenvalue weighted by atomic mass is 10.1. The number of nitrogens with zero attached hydrogens (tertiary/aromatic N) is 1. The number of hydrogen-bond acceptors (Lipinski definition) is 3. The van der Waals surface area contributed by atoms with Crippen molar-refractivity contribution in [2.24, 2.45) is 0 Å². The van der Waals surface area contributed by atoms with Crippen molar-refractivity contribution in [3.05, 3.63) is 0 Å². The highest BCUT2D eigenvalue weighted by molar-refractivity contribution is 5.83. The molecule has 0 aliphatic carbocycles. The first-order chi connectivity index (χ1) is 8.19. The molecule has 1 heterocycles. The molecule has 5 nitrogen and oxygen atoms in total. The maximum atomic E-state index is 11.8. The van der Waals surface area contributed by atoms with Gasteiger partial charge >= 0.3 is 0 Å². The second kappa shape index (κ2) is 7.27. The van der Waals surface area contributed by atoms with Gasteiger partial charge in [-0.15, -0.1) is 0 Å². The van der Waals surface area contributed by atoms with Gasteiger partial charge in [0.15, 0.2) is 0 Å². The molecule has 1 atom stereocenters.